The van der Waals surface area contributed by atoms with Crippen LogP contribution in [0.2, 0.25) is 0 Å². The Balaban J connectivity index is 2.50. The van der Waals surface area contributed by atoms with Gasteiger partial charge in [-0.2, -0.15) is 0 Å². The molecule has 110 valence electrons. The van der Waals surface area contributed by atoms with Crippen molar-refractivity contribution in [3.05, 3.63) is 47.5 Å². The topological polar surface area (TPSA) is 26.3 Å². The largest absolute Gasteiger partial charge is 0.436 e. The van der Waals surface area contributed by atoms with E-state index in [1.807, 2.05) is 57.6 Å². The van der Waals surface area contributed by atoms with E-state index in [-0.39, 0.29) is 5.97 Å². The van der Waals surface area contributed by atoms with Gasteiger partial charge in [0.15, 0.2) is 0 Å². The van der Waals surface area contributed by atoms with Gasteiger partial charge in [0.25, 0.3) is 0 Å². The van der Waals surface area contributed by atoms with Crippen LogP contribution in [0.3, 0.4) is 0 Å². The molecule has 1 aromatic rings. The minimum Gasteiger partial charge on any atom is -0.436 e. The molecule has 0 N–H and O–H groups in total. The van der Waals surface area contributed by atoms with Crippen molar-refractivity contribution in [2.45, 2.75) is 18.9 Å². The van der Waals surface area contributed by atoms with E-state index in [1.54, 1.807) is 6.92 Å². The molecule has 0 saturated heterocycles. The first-order chi connectivity index (χ1) is 9.28. The number of benzene rings is 1. The summed E-state index contributed by atoms with van der Waals surface area (Å²) in [7, 11) is 6.00. The molecule has 0 bridgehead atoms. The fourth-order valence-corrected chi connectivity index (χ4v) is 2.14. The zero-order chi connectivity index (χ0) is 15.2. The smallest absolute Gasteiger partial charge is 0.335 e. The molecule has 4 heteroatoms. The van der Waals surface area contributed by atoms with Gasteiger partial charge in [-0.05, 0) is 18.9 Å². The normalized spacial score (nSPS) is 13.9. The van der Waals surface area contributed by atoms with Gasteiger partial charge in [-0.1, -0.05) is 48.0 Å². The summed E-state index contributed by atoms with van der Waals surface area (Å²) in [5.41, 5.74) is 1.14. The lowest BCUT2D eigenvalue weighted by Crippen LogP contribution is -2.41. The second kappa shape index (κ2) is 7.46. The van der Waals surface area contributed by atoms with Gasteiger partial charge in [0.1, 0.15) is 6.54 Å². The van der Waals surface area contributed by atoms with Crippen LogP contribution in [0.5, 0.6) is 0 Å². The van der Waals surface area contributed by atoms with Gasteiger partial charge in [-0.15, -0.1) is 0 Å². The Morgan fingerprint density at radius 2 is 1.90 bits per heavy atom. The van der Waals surface area contributed by atoms with E-state index in [2.05, 4.69) is 0 Å². The van der Waals surface area contributed by atoms with Crippen molar-refractivity contribution in [3.8, 4) is 0 Å². The van der Waals surface area contributed by atoms with Crippen LogP contribution < -0.4 is 0 Å². The van der Waals surface area contributed by atoms with E-state index in [4.69, 9.17) is 16.3 Å². The second-order valence-electron chi connectivity index (χ2n) is 5.87. The highest BCUT2D eigenvalue weighted by Crippen LogP contribution is 2.09. The summed E-state index contributed by atoms with van der Waals surface area (Å²) in [6.07, 6.45) is 2.58. The summed E-state index contributed by atoms with van der Waals surface area (Å²) < 4.78 is 5.87. The number of ether oxygens (including phenoxy) is 1. The Bertz CT molecular complexity index is 463. The predicted molar refractivity (Wildman–Crippen MR) is 82.5 cm³/mol. The Kier molecular flexibility index (Phi) is 6.24. The first kappa shape index (κ1) is 16.7. The van der Waals surface area contributed by atoms with Crippen LogP contribution in [0.15, 0.2) is 42.0 Å². The van der Waals surface area contributed by atoms with Crippen LogP contribution in [-0.2, 0) is 16.0 Å². The molecule has 0 amide bonds. The lowest BCUT2D eigenvalue weighted by molar-refractivity contribution is -0.871. The minimum atomic E-state index is -0.609. The number of carbonyl (C=O) groups is 1. The molecule has 1 aromatic carbocycles. The lowest BCUT2D eigenvalue weighted by Gasteiger charge is -2.26. The number of alkyl halides is 1. The number of halogens is 1. The molecule has 0 saturated carbocycles. The quantitative estimate of drug-likeness (QED) is 0.349. The van der Waals surface area contributed by atoms with Crippen LogP contribution in [0.1, 0.15) is 12.5 Å². The standard InChI is InChI=1S/C16H23ClNO2/c1-13(10-11-14-8-6-5-7-9-14)16(19)20-15(17)12-18(2,3)4/h5-10,15H,11-12H2,1-4H3/q+1. The fourth-order valence-electron chi connectivity index (χ4n) is 1.65. The maximum Gasteiger partial charge on any atom is 0.335 e. The Hall–Kier alpha value is -1.32. The van der Waals surface area contributed by atoms with Gasteiger partial charge in [-0.3, -0.25) is 0 Å². The molecule has 0 fully saturated rings. The van der Waals surface area contributed by atoms with Crippen LogP contribution in [0.25, 0.3) is 0 Å². The molecular formula is C16H23ClNO2+. The van der Waals surface area contributed by atoms with Crippen molar-refractivity contribution in [1.82, 2.24) is 0 Å². The van der Waals surface area contributed by atoms with E-state index in [1.165, 1.54) is 0 Å². The number of hydrogen-bond acceptors (Lipinski definition) is 2. The molecule has 0 aromatic heterocycles. The zero-order valence-corrected chi connectivity index (χ0v) is 13.4. The van der Waals surface area contributed by atoms with E-state index in [0.29, 0.717) is 23.0 Å². The third-order valence-electron chi connectivity index (χ3n) is 2.73. The van der Waals surface area contributed by atoms with Gasteiger partial charge in [0.05, 0.1) is 21.1 Å². The summed E-state index contributed by atoms with van der Waals surface area (Å²) in [6, 6.07) is 9.98. The first-order valence-corrected chi connectivity index (χ1v) is 7.08. The highest BCUT2D eigenvalue weighted by Gasteiger charge is 2.20. The lowest BCUT2D eigenvalue weighted by atomic mass is 10.1. The molecule has 20 heavy (non-hydrogen) atoms. The third kappa shape index (κ3) is 6.73. The Morgan fingerprint density at radius 3 is 2.45 bits per heavy atom. The monoisotopic (exact) mass is 296 g/mol. The zero-order valence-electron chi connectivity index (χ0n) is 12.6. The van der Waals surface area contributed by atoms with Gasteiger partial charge in [0.2, 0.25) is 5.56 Å². The van der Waals surface area contributed by atoms with Gasteiger partial charge in [0, 0.05) is 5.57 Å². The highest BCUT2D eigenvalue weighted by atomic mass is 35.5. The number of nitrogens with zero attached hydrogens (tertiary/aromatic N) is 1. The van der Waals surface area contributed by atoms with Gasteiger partial charge in [-0.25, -0.2) is 4.79 Å². The predicted octanol–water partition coefficient (Wildman–Crippen LogP) is 2.99. The van der Waals surface area contributed by atoms with E-state index >= 15 is 0 Å². The van der Waals surface area contributed by atoms with Crippen LogP contribution >= 0.6 is 11.6 Å². The maximum atomic E-state index is 11.9. The summed E-state index contributed by atoms with van der Waals surface area (Å²) in [4.78, 5) is 11.9. The molecule has 3 nitrogen and oxygen atoms in total. The van der Waals surface area contributed by atoms with E-state index in [9.17, 15) is 4.79 Å². The molecular weight excluding hydrogens is 274 g/mol. The van der Waals surface area contributed by atoms with Crippen molar-refractivity contribution in [2.75, 3.05) is 27.7 Å². The number of carbonyl (C=O) groups excluding carboxylic acids is 1. The molecule has 0 radical (unpaired) electrons. The SMILES string of the molecule is CC(=CCc1ccccc1)C(=O)OC(Cl)C[N+](C)(C)C. The number of allylic oxidation sites excluding steroid dienone is 1. The van der Waals surface area contributed by atoms with Gasteiger partial charge >= 0.3 is 5.97 Å². The summed E-state index contributed by atoms with van der Waals surface area (Å²) in [5, 5.41) is 0. The maximum absolute atomic E-state index is 11.9. The van der Waals surface area contributed by atoms with E-state index in [0.717, 1.165) is 5.56 Å². The van der Waals surface area contributed by atoms with Crippen molar-refractivity contribution < 1.29 is 14.0 Å². The van der Waals surface area contributed by atoms with Crippen LogP contribution in [0, 0.1) is 0 Å². The highest BCUT2D eigenvalue weighted by molar-refractivity contribution is 6.20. The molecule has 0 aliphatic rings. The van der Waals surface area contributed by atoms with Crippen molar-refractivity contribution in [2.24, 2.45) is 0 Å². The molecule has 1 unspecified atom stereocenters. The first-order valence-electron chi connectivity index (χ1n) is 6.64. The minimum absolute atomic E-state index is 0.352. The molecule has 0 aliphatic carbocycles. The average Bonchev–Trinajstić information content (AvgIpc) is 2.34. The molecule has 0 spiro atoms. The van der Waals surface area contributed by atoms with Crippen molar-refractivity contribution in [1.29, 1.82) is 0 Å². The summed E-state index contributed by atoms with van der Waals surface area (Å²) >= 11 is 6.04. The number of rotatable bonds is 6. The Morgan fingerprint density at radius 1 is 1.30 bits per heavy atom. The molecule has 0 heterocycles. The van der Waals surface area contributed by atoms with Crippen molar-refractivity contribution in [3.63, 3.8) is 0 Å². The molecule has 0 aliphatic heterocycles. The number of likely N-dealkylation sites (N-methyl/N-ethyl adjacent to an activating group) is 1. The van der Waals surface area contributed by atoms with Crippen LogP contribution in [-0.4, -0.2) is 43.7 Å². The number of esters is 1. The summed E-state index contributed by atoms with van der Waals surface area (Å²) in [5.74, 6) is -0.352. The molecule has 1 atom stereocenters. The average molecular weight is 297 g/mol. The fraction of sp³-hybridized carbons (Fsp3) is 0.438. The van der Waals surface area contributed by atoms with Crippen molar-refractivity contribution >= 4 is 17.6 Å². The second-order valence-corrected chi connectivity index (χ2v) is 6.35. The van der Waals surface area contributed by atoms with Gasteiger partial charge < -0.3 is 9.22 Å². The van der Waals surface area contributed by atoms with Crippen LogP contribution in [0.4, 0.5) is 0 Å². The number of quaternary nitrogens is 1. The number of hydrogen-bond donors (Lipinski definition) is 0. The Labute approximate surface area is 126 Å². The third-order valence-corrected chi connectivity index (χ3v) is 2.96. The van der Waals surface area contributed by atoms with E-state index < -0.39 is 5.56 Å². The summed E-state index contributed by atoms with van der Waals surface area (Å²) in [6.45, 7) is 2.32. The molecule has 1 rings (SSSR count).